The molecule has 0 saturated carbocycles. The summed E-state index contributed by atoms with van der Waals surface area (Å²) >= 11 is 0. The Morgan fingerprint density at radius 2 is 2.70 bits per heavy atom. The van der Waals surface area contributed by atoms with Crippen molar-refractivity contribution < 1.29 is 0 Å². The van der Waals surface area contributed by atoms with Crippen LogP contribution in [0.25, 0.3) is 0 Å². The second-order valence-electron chi connectivity index (χ2n) is 1.98. The molecule has 1 aromatic rings. The summed E-state index contributed by atoms with van der Waals surface area (Å²) in [6.45, 7) is 1.95. The summed E-state index contributed by atoms with van der Waals surface area (Å²) in [7, 11) is 0. The summed E-state index contributed by atoms with van der Waals surface area (Å²) in [6, 6.07) is 2.13. The number of nitrogens with one attached hydrogen (secondary N) is 1. The molecule has 4 nitrogen and oxygen atoms in total. The van der Waals surface area contributed by atoms with Crippen LogP contribution in [0.1, 0.15) is 25.0 Å². The highest BCUT2D eigenvalue weighted by molar-refractivity contribution is 5.10. The zero-order valence-electron chi connectivity index (χ0n) is 5.70. The van der Waals surface area contributed by atoms with E-state index in [0.717, 1.165) is 12.1 Å². The van der Waals surface area contributed by atoms with E-state index in [1.165, 1.54) is 0 Å². The number of nitriles is 1. The maximum Gasteiger partial charge on any atom is 0.0996 e. The van der Waals surface area contributed by atoms with Crippen LogP contribution < -0.4 is 0 Å². The third-order valence-corrected chi connectivity index (χ3v) is 1.35. The largest absolute Gasteiger partial charge is 0.198 e. The molecule has 0 aliphatic rings. The van der Waals surface area contributed by atoms with Crippen LogP contribution >= 0.6 is 0 Å². The Kier molecular flexibility index (Phi) is 2.00. The lowest BCUT2D eigenvalue weighted by molar-refractivity contribution is 0.776. The smallest absolute Gasteiger partial charge is 0.0996 e. The van der Waals surface area contributed by atoms with Crippen molar-refractivity contribution in [3.05, 3.63) is 11.9 Å². The molecule has 0 radical (unpaired) electrons. The molecule has 1 heterocycles. The number of aromatic amines is 1. The van der Waals surface area contributed by atoms with Gasteiger partial charge in [-0.1, -0.05) is 6.92 Å². The Bertz CT molecular complexity index is 220. The monoisotopic (exact) mass is 136 g/mol. The predicted molar refractivity (Wildman–Crippen MR) is 35.0 cm³/mol. The Labute approximate surface area is 58.9 Å². The number of hydrogen-bond donors (Lipinski definition) is 1. The summed E-state index contributed by atoms with van der Waals surface area (Å²) in [5, 5.41) is 18.4. The van der Waals surface area contributed by atoms with E-state index in [2.05, 4.69) is 21.5 Å². The van der Waals surface area contributed by atoms with Gasteiger partial charge in [0.2, 0.25) is 0 Å². The van der Waals surface area contributed by atoms with Gasteiger partial charge in [0, 0.05) is 0 Å². The fourth-order valence-corrected chi connectivity index (χ4v) is 0.745. The minimum Gasteiger partial charge on any atom is -0.198 e. The van der Waals surface area contributed by atoms with E-state index in [9.17, 15) is 0 Å². The maximum atomic E-state index is 8.57. The van der Waals surface area contributed by atoms with Crippen molar-refractivity contribution in [2.75, 3.05) is 0 Å². The summed E-state index contributed by atoms with van der Waals surface area (Å²) < 4.78 is 0. The van der Waals surface area contributed by atoms with Crippen LogP contribution in [-0.4, -0.2) is 15.4 Å². The van der Waals surface area contributed by atoms with Crippen molar-refractivity contribution in [2.45, 2.75) is 19.3 Å². The van der Waals surface area contributed by atoms with Gasteiger partial charge in [0.05, 0.1) is 23.9 Å². The van der Waals surface area contributed by atoms with Gasteiger partial charge in [-0.25, -0.2) is 0 Å². The molecule has 10 heavy (non-hydrogen) atoms. The van der Waals surface area contributed by atoms with Crippen molar-refractivity contribution in [1.82, 2.24) is 15.4 Å². The third-order valence-electron chi connectivity index (χ3n) is 1.35. The molecule has 0 amide bonds. The predicted octanol–water partition coefficient (Wildman–Crippen LogP) is 0.822. The molecule has 1 atom stereocenters. The first-order valence-electron chi connectivity index (χ1n) is 3.13. The highest BCUT2D eigenvalue weighted by Crippen LogP contribution is 2.13. The van der Waals surface area contributed by atoms with Gasteiger partial charge in [0.1, 0.15) is 0 Å². The van der Waals surface area contributed by atoms with Crippen LogP contribution in [0.5, 0.6) is 0 Å². The fraction of sp³-hybridized carbons (Fsp3) is 0.500. The Hall–Kier alpha value is -1.37. The Morgan fingerprint density at radius 1 is 1.90 bits per heavy atom. The molecule has 0 spiro atoms. The number of rotatable bonds is 2. The lowest BCUT2D eigenvalue weighted by atomic mass is 10.1. The van der Waals surface area contributed by atoms with Gasteiger partial charge in [0.15, 0.2) is 0 Å². The summed E-state index contributed by atoms with van der Waals surface area (Å²) in [5.41, 5.74) is 0.727. The van der Waals surface area contributed by atoms with Crippen LogP contribution in [0.4, 0.5) is 0 Å². The van der Waals surface area contributed by atoms with Gasteiger partial charge in [-0.2, -0.15) is 20.7 Å². The Balaban J connectivity index is 2.76. The molecule has 0 aromatic carbocycles. The lowest BCUT2D eigenvalue weighted by Crippen LogP contribution is -1.93. The summed E-state index contributed by atoms with van der Waals surface area (Å²) in [6.07, 6.45) is 2.36. The average Bonchev–Trinajstić information content (AvgIpc) is 2.43. The van der Waals surface area contributed by atoms with E-state index >= 15 is 0 Å². The molecule has 0 bridgehead atoms. The molecule has 1 N–H and O–H groups in total. The number of aromatic nitrogens is 3. The van der Waals surface area contributed by atoms with Crippen LogP contribution in [0.2, 0.25) is 0 Å². The van der Waals surface area contributed by atoms with Crippen molar-refractivity contribution in [3.8, 4) is 6.07 Å². The summed E-state index contributed by atoms with van der Waals surface area (Å²) in [4.78, 5) is 0. The van der Waals surface area contributed by atoms with Crippen molar-refractivity contribution in [3.63, 3.8) is 0 Å². The van der Waals surface area contributed by atoms with Crippen LogP contribution in [0.3, 0.4) is 0 Å². The molecule has 4 heteroatoms. The number of nitrogens with zero attached hydrogens (tertiary/aromatic N) is 3. The summed E-state index contributed by atoms with van der Waals surface area (Å²) in [5.74, 6) is -0.112. The minimum atomic E-state index is -0.112. The lowest BCUT2D eigenvalue weighted by Gasteiger charge is -1.96. The Morgan fingerprint density at radius 3 is 3.10 bits per heavy atom. The van der Waals surface area contributed by atoms with Crippen LogP contribution in [0, 0.1) is 11.3 Å². The molecule has 52 valence electrons. The number of hydrogen-bond acceptors (Lipinski definition) is 3. The topological polar surface area (TPSA) is 65.4 Å². The van der Waals surface area contributed by atoms with E-state index in [1.54, 1.807) is 6.20 Å². The molecule has 1 aromatic heterocycles. The zero-order chi connectivity index (χ0) is 7.40. The van der Waals surface area contributed by atoms with Gasteiger partial charge in [-0.3, -0.25) is 0 Å². The van der Waals surface area contributed by atoms with E-state index in [0.29, 0.717) is 0 Å². The van der Waals surface area contributed by atoms with Gasteiger partial charge in [-0.15, -0.1) is 0 Å². The minimum absolute atomic E-state index is 0.112. The quantitative estimate of drug-likeness (QED) is 0.654. The van der Waals surface area contributed by atoms with Crippen LogP contribution in [-0.2, 0) is 0 Å². The molecule has 0 aliphatic carbocycles. The molecule has 1 unspecified atom stereocenters. The van der Waals surface area contributed by atoms with Crippen LogP contribution in [0.15, 0.2) is 6.20 Å². The van der Waals surface area contributed by atoms with Gasteiger partial charge in [-0.05, 0) is 6.42 Å². The number of H-pyrrole nitrogens is 1. The first-order valence-corrected chi connectivity index (χ1v) is 3.13. The van der Waals surface area contributed by atoms with Gasteiger partial charge in [0.25, 0.3) is 0 Å². The SMILES string of the molecule is CCC(C#N)c1cn[nH]n1. The van der Waals surface area contributed by atoms with Gasteiger partial charge < -0.3 is 0 Å². The standard InChI is InChI=1S/C6H8N4/c1-2-5(3-7)6-4-8-10-9-6/h4-5H,2H2,1H3,(H,8,9,10). The molecule has 0 saturated heterocycles. The fourth-order valence-electron chi connectivity index (χ4n) is 0.745. The van der Waals surface area contributed by atoms with E-state index in [4.69, 9.17) is 5.26 Å². The molecule has 1 rings (SSSR count). The van der Waals surface area contributed by atoms with E-state index < -0.39 is 0 Å². The second-order valence-corrected chi connectivity index (χ2v) is 1.98. The first-order chi connectivity index (χ1) is 4.88. The first kappa shape index (κ1) is 6.75. The molecular formula is C6H8N4. The third kappa shape index (κ3) is 1.13. The van der Waals surface area contributed by atoms with E-state index in [-0.39, 0.29) is 5.92 Å². The molecule has 0 aliphatic heterocycles. The normalized spacial score (nSPS) is 12.4. The van der Waals surface area contributed by atoms with Crippen molar-refractivity contribution in [2.24, 2.45) is 0 Å². The molecular weight excluding hydrogens is 128 g/mol. The zero-order valence-corrected chi connectivity index (χ0v) is 5.70. The molecule has 0 fully saturated rings. The second kappa shape index (κ2) is 2.97. The highest BCUT2D eigenvalue weighted by Gasteiger charge is 2.09. The maximum absolute atomic E-state index is 8.57. The highest BCUT2D eigenvalue weighted by atomic mass is 15.3. The van der Waals surface area contributed by atoms with Gasteiger partial charge >= 0.3 is 0 Å². The van der Waals surface area contributed by atoms with E-state index in [1.807, 2.05) is 6.92 Å². The average molecular weight is 136 g/mol. The van der Waals surface area contributed by atoms with Crippen molar-refractivity contribution in [1.29, 1.82) is 5.26 Å². The van der Waals surface area contributed by atoms with Crippen molar-refractivity contribution >= 4 is 0 Å².